The third-order valence-electron chi connectivity index (χ3n) is 2.88. The van der Waals surface area contributed by atoms with Gasteiger partial charge in [0.1, 0.15) is 11.8 Å². The number of hydrogen-bond acceptors (Lipinski definition) is 4. The van der Waals surface area contributed by atoms with Crippen molar-refractivity contribution < 1.29 is 14.3 Å². The Hall–Kier alpha value is -1.13. The van der Waals surface area contributed by atoms with Gasteiger partial charge in [0.25, 0.3) is 0 Å². The lowest BCUT2D eigenvalue weighted by atomic mass is 10.2. The van der Waals surface area contributed by atoms with Gasteiger partial charge in [0, 0.05) is 18.3 Å². The van der Waals surface area contributed by atoms with Gasteiger partial charge in [-0.25, -0.2) is 9.78 Å². The summed E-state index contributed by atoms with van der Waals surface area (Å²) in [6.45, 7) is 0. The van der Waals surface area contributed by atoms with Crippen molar-refractivity contribution in [3.05, 3.63) is 29.0 Å². The van der Waals surface area contributed by atoms with E-state index in [-0.39, 0.29) is 17.9 Å². The predicted octanol–water partition coefficient (Wildman–Crippen LogP) is 2.46. The molecule has 17 heavy (non-hydrogen) atoms. The van der Waals surface area contributed by atoms with E-state index < -0.39 is 5.97 Å². The molecule has 5 heteroatoms. The van der Waals surface area contributed by atoms with E-state index >= 15 is 0 Å². The maximum absolute atomic E-state index is 11.8. The molecule has 4 nitrogen and oxygen atoms in total. The Morgan fingerprint density at radius 2 is 2.24 bits per heavy atom. The van der Waals surface area contributed by atoms with Crippen LogP contribution in [-0.2, 0) is 9.47 Å². The van der Waals surface area contributed by atoms with E-state index in [4.69, 9.17) is 21.1 Å². The Labute approximate surface area is 105 Å². The summed E-state index contributed by atoms with van der Waals surface area (Å²) in [5.41, 5.74) is 0.235. The number of rotatable bonds is 3. The SMILES string of the molecule is COC1CCCC1OC(=O)c1cc(Cl)ccn1. The molecular weight excluding hydrogens is 242 g/mol. The Balaban J connectivity index is 2.01. The Kier molecular flexibility index (Phi) is 3.97. The van der Waals surface area contributed by atoms with Crippen molar-refractivity contribution in [3.8, 4) is 0 Å². The number of pyridine rings is 1. The molecule has 0 amide bonds. The molecule has 0 radical (unpaired) electrons. The third kappa shape index (κ3) is 2.96. The van der Waals surface area contributed by atoms with Gasteiger partial charge >= 0.3 is 5.97 Å². The van der Waals surface area contributed by atoms with E-state index in [1.54, 1.807) is 13.2 Å². The van der Waals surface area contributed by atoms with E-state index in [1.165, 1.54) is 12.3 Å². The average Bonchev–Trinajstić information content (AvgIpc) is 2.76. The first-order valence-corrected chi connectivity index (χ1v) is 5.94. The molecule has 1 aromatic rings. The van der Waals surface area contributed by atoms with E-state index in [0.29, 0.717) is 5.02 Å². The van der Waals surface area contributed by atoms with Crippen LogP contribution in [0.25, 0.3) is 0 Å². The Morgan fingerprint density at radius 3 is 2.94 bits per heavy atom. The smallest absolute Gasteiger partial charge is 0.357 e. The van der Waals surface area contributed by atoms with E-state index in [1.807, 2.05) is 0 Å². The number of halogens is 1. The molecule has 0 N–H and O–H groups in total. The summed E-state index contributed by atoms with van der Waals surface area (Å²) >= 11 is 5.79. The highest BCUT2D eigenvalue weighted by atomic mass is 35.5. The highest BCUT2D eigenvalue weighted by Crippen LogP contribution is 2.25. The summed E-state index contributed by atoms with van der Waals surface area (Å²) in [6.07, 6.45) is 4.09. The molecule has 1 saturated carbocycles. The second-order valence-corrected chi connectivity index (χ2v) is 4.44. The summed E-state index contributed by atoms with van der Waals surface area (Å²) in [5.74, 6) is -0.443. The summed E-state index contributed by atoms with van der Waals surface area (Å²) < 4.78 is 10.6. The number of ether oxygens (including phenoxy) is 2. The molecule has 0 aromatic carbocycles. The molecule has 2 rings (SSSR count). The van der Waals surface area contributed by atoms with Gasteiger partial charge in [-0.1, -0.05) is 11.6 Å². The van der Waals surface area contributed by atoms with Crippen LogP contribution < -0.4 is 0 Å². The van der Waals surface area contributed by atoms with Crippen molar-refractivity contribution in [2.75, 3.05) is 7.11 Å². The largest absolute Gasteiger partial charge is 0.455 e. The molecule has 2 unspecified atom stereocenters. The zero-order chi connectivity index (χ0) is 12.3. The number of carbonyl (C=O) groups excluding carboxylic acids is 1. The molecule has 0 aliphatic heterocycles. The minimum atomic E-state index is -0.443. The number of nitrogens with zero attached hydrogens (tertiary/aromatic N) is 1. The fraction of sp³-hybridized carbons (Fsp3) is 0.500. The summed E-state index contributed by atoms with van der Waals surface area (Å²) in [6, 6.07) is 3.12. The number of hydrogen-bond donors (Lipinski definition) is 0. The minimum Gasteiger partial charge on any atom is -0.455 e. The van der Waals surface area contributed by atoms with Crippen LogP contribution >= 0.6 is 11.6 Å². The molecule has 1 aromatic heterocycles. The van der Waals surface area contributed by atoms with E-state index in [0.717, 1.165) is 19.3 Å². The van der Waals surface area contributed by atoms with Gasteiger partial charge < -0.3 is 9.47 Å². The monoisotopic (exact) mass is 255 g/mol. The zero-order valence-electron chi connectivity index (χ0n) is 9.56. The number of methoxy groups -OCH3 is 1. The van der Waals surface area contributed by atoms with Crippen LogP contribution in [0.1, 0.15) is 29.8 Å². The summed E-state index contributed by atoms with van der Waals surface area (Å²) in [4.78, 5) is 15.7. The van der Waals surface area contributed by atoms with Gasteiger partial charge in [0.05, 0.1) is 6.10 Å². The third-order valence-corrected chi connectivity index (χ3v) is 3.12. The second-order valence-electron chi connectivity index (χ2n) is 4.01. The lowest BCUT2D eigenvalue weighted by Gasteiger charge is -2.18. The van der Waals surface area contributed by atoms with Gasteiger partial charge in [0.2, 0.25) is 0 Å². The molecule has 0 bridgehead atoms. The molecule has 1 heterocycles. The lowest BCUT2D eigenvalue weighted by Crippen LogP contribution is -2.28. The molecule has 1 aliphatic rings. The van der Waals surface area contributed by atoms with Crippen LogP contribution in [0.2, 0.25) is 5.02 Å². The predicted molar refractivity (Wildman–Crippen MR) is 63.1 cm³/mol. The molecule has 0 spiro atoms. The highest BCUT2D eigenvalue weighted by molar-refractivity contribution is 6.30. The van der Waals surface area contributed by atoms with Crippen LogP contribution in [0.15, 0.2) is 18.3 Å². The van der Waals surface area contributed by atoms with Crippen molar-refractivity contribution in [3.63, 3.8) is 0 Å². The van der Waals surface area contributed by atoms with Crippen LogP contribution in [0, 0.1) is 0 Å². The maximum atomic E-state index is 11.8. The highest BCUT2D eigenvalue weighted by Gasteiger charge is 2.30. The van der Waals surface area contributed by atoms with Crippen molar-refractivity contribution in [1.82, 2.24) is 4.98 Å². The fourth-order valence-corrected chi connectivity index (χ4v) is 2.17. The Morgan fingerprint density at radius 1 is 1.47 bits per heavy atom. The quantitative estimate of drug-likeness (QED) is 0.779. The van der Waals surface area contributed by atoms with Gasteiger partial charge in [0.15, 0.2) is 0 Å². The van der Waals surface area contributed by atoms with Crippen LogP contribution in [0.3, 0.4) is 0 Å². The first-order valence-electron chi connectivity index (χ1n) is 5.56. The normalized spacial score (nSPS) is 23.6. The summed E-state index contributed by atoms with van der Waals surface area (Å²) in [5, 5.41) is 0.474. The molecule has 1 fully saturated rings. The fourth-order valence-electron chi connectivity index (χ4n) is 2.01. The van der Waals surface area contributed by atoms with Gasteiger partial charge in [-0.3, -0.25) is 0 Å². The van der Waals surface area contributed by atoms with Crippen molar-refractivity contribution in [2.45, 2.75) is 31.5 Å². The van der Waals surface area contributed by atoms with Crippen LogP contribution in [-0.4, -0.2) is 30.3 Å². The zero-order valence-corrected chi connectivity index (χ0v) is 10.3. The van der Waals surface area contributed by atoms with Crippen LogP contribution in [0.4, 0.5) is 0 Å². The second kappa shape index (κ2) is 5.47. The first kappa shape index (κ1) is 12.3. The maximum Gasteiger partial charge on any atom is 0.357 e. The van der Waals surface area contributed by atoms with Gasteiger partial charge in [-0.15, -0.1) is 0 Å². The van der Waals surface area contributed by atoms with Crippen molar-refractivity contribution in [2.24, 2.45) is 0 Å². The standard InChI is InChI=1S/C12H14ClNO3/c1-16-10-3-2-4-11(10)17-12(15)9-7-8(13)5-6-14-9/h5-7,10-11H,2-4H2,1H3. The van der Waals surface area contributed by atoms with Crippen molar-refractivity contribution >= 4 is 17.6 Å². The van der Waals surface area contributed by atoms with Crippen LogP contribution in [0.5, 0.6) is 0 Å². The van der Waals surface area contributed by atoms with E-state index in [2.05, 4.69) is 4.98 Å². The topological polar surface area (TPSA) is 48.4 Å². The molecule has 92 valence electrons. The first-order chi connectivity index (χ1) is 8.20. The summed E-state index contributed by atoms with van der Waals surface area (Å²) in [7, 11) is 1.63. The number of carbonyl (C=O) groups is 1. The Bertz CT molecular complexity index is 410. The number of esters is 1. The lowest BCUT2D eigenvalue weighted by molar-refractivity contribution is -0.0210. The van der Waals surface area contributed by atoms with E-state index in [9.17, 15) is 4.79 Å². The molecule has 1 aliphatic carbocycles. The minimum absolute atomic E-state index is 0.00173. The molecule has 0 saturated heterocycles. The van der Waals surface area contributed by atoms with Crippen molar-refractivity contribution in [1.29, 1.82) is 0 Å². The average molecular weight is 256 g/mol. The molecule has 2 atom stereocenters. The van der Waals surface area contributed by atoms with Gasteiger partial charge in [-0.2, -0.15) is 0 Å². The number of aromatic nitrogens is 1. The van der Waals surface area contributed by atoms with Gasteiger partial charge in [-0.05, 0) is 31.4 Å². The molecular formula is C12H14ClNO3.